The molecular weight excluding hydrogens is 250 g/mol. The van der Waals surface area contributed by atoms with Gasteiger partial charge in [-0.3, -0.25) is 10.1 Å². The summed E-state index contributed by atoms with van der Waals surface area (Å²) in [5.41, 5.74) is 1.08. The van der Waals surface area contributed by atoms with Gasteiger partial charge in [-0.05, 0) is 31.5 Å². The lowest BCUT2D eigenvalue weighted by atomic mass is 10.2. The van der Waals surface area contributed by atoms with Crippen LogP contribution in [-0.2, 0) is 4.79 Å². The van der Waals surface area contributed by atoms with Gasteiger partial charge in [0.2, 0.25) is 0 Å². The second-order valence-corrected chi connectivity index (χ2v) is 5.64. The third kappa shape index (κ3) is 3.17. The van der Waals surface area contributed by atoms with Crippen molar-refractivity contribution in [3.63, 3.8) is 0 Å². The summed E-state index contributed by atoms with van der Waals surface area (Å²) in [5, 5.41) is 12.1. The number of carboxylic acids is 1. The molecule has 98 valence electrons. The van der Waals surface area contributed by atoms with Crippen molar-refractivity contribution in [1.82, 2.24) is 5.32 Å². The Hall–Kier alpha value is -1.20. The van der Waals surface area contributed by atoms with Crippen molar-refractivity contribution in [3.05, 3.63) is 29.8 Å². The molecule has 1 aliphatic rings. The fourth-order valence-corrected chi connectivity index (χ4v) is 3.03. The highest BCUT2D eigenvalue weighted by Crippen LogP contribution is 2.33. The molecule has 1 fully saturated rings. The number of aliphatic carboxylic acids is 1. The van der Waals surface area contributed by atoms with Crippen molar-refractivity contribution >= 4 is 17.7 Å². The van der Waals surface area contributed by atoms with Crippen LogP contribution in [0.25, 0.3) is 0 Å². The summed E-state index contributed by atoms with van der Waals surface area (Å²) in [6.07, 6.45) is 0.159. The normalized spacial score (nSPS) is 23.3. The van der Waals surface area contributed by atoms with Crippen molar-refractivity contribution < 1.29 is 14.6 Å². The highest BCUT2D eigenvalue weighted by atomic mass is 32.2. The molecule has 0 aromatic heterocycles. The molecule has 2 atom stereocenters. The average Bonchev–Trinajstić information content (AvgIpc) is 2.78. The van der Waals surface area contributed by atoms with Crippen LogP contribution in [0.15, 0.2) is 24.3 Å². The number of benzene rings is 1. The second-order valence-electron chi connectivity index (χ2n) is 4.51. The largest absolute Gasteiger partial charge is 0.491 e. The molecule has 2 N–H and O–H groups in total. The Bertz CT molecular complexity index is 419. The van der Waals surface area contributed by atoms with Gasteiger partial charge >= 0.3 is 5.97 Å². The number of thioether (sulfide) groups is 1. The molecule has 18 heavy (non-hydrogen) atoms. The number of nitrogens with one attached hydrogen (secondary N) is 1. The summed E-state index contributed by atoms with van der Waals surface area (Å²) in [5.74, 6) is 0.654. The summed E-state index contributed by atoms with van der Waals surface area (Å²) < 4.78 is 5.57. The van der Waals surface area contributed by atoms with Crippen molar-refractivity contribution in [2.24, 2.45) is 0 Å². The van der Waals surface area contributed by atoms with Crippen LogP contribution in [-0.4, -0.2) is 29.0 Å². The van der Waals surface area contributed by atoms with Gasteiger partial charge in [0.15, 0.2) is 0 Å². The molecule has 0 bridgehead atoms. The van der Waals surface area contributed by atoms with Crippen LogP contribution in [0, 0.1) is 0 Å². The van der Waals surface area contributed by atoms with Crippen molar-refractivity contribution in [1.29, 1.82) is 0 Å². The Balaban J connectivity index is 2.00. The maximum absolute atomic E-state index is 10.9. The molecule has 0 aliphatic carbocycles. The Morgan fingerprint density at radius 2 is 2.11 bits per heavy atom. The minimum absolute atomic E-state index is 0.0548. The standard InChI is InChI=1S/C13H17NO3S/c1-8(2)17-10-5-3-9(4-6-10)12-14-11(7-18-12)13(15)16/h3-6,8,11-12,14H,7H2,1-2H3,(H,15,16)/t11-,12?/m0/s1. The average molecular weight is 267 g/mol. The zero-order valence-electron chi connectivity index (χ0n) is 10.4. The lowest BCUT2D eigenvalue weighted by Crippen LogP contribution is -2.33. The molecule has 5 heteroatoms. The molecule has 0 amide bonds. The van der Waals surface area contributed by atoms with E-state index < -0.39 is 12.0 Å². The molecule has 1 unspecified atom stereocenters. The van der Waals surface area contributed by atoms with E-state index in [0.29, 0.717) is 5.75 Å². The van der Waals surface area contributed by atoms with E-state index in [0.717, 1.165) is 11.3 Å². The highest BCUT2D eigenvalue weighted by Gasteiger charge is 2.30. The number of carbonyl (C=O) groups is 1. The number of ether oxygens (including phenoxy) is 1. The van der Waals surface area contributed by atoms with Gasteiger partial charge in [0.25, 0.3) is 0 Å². The second kappa shape index (κ2) is 5.63. The van der Waals surface area contributed by atoms with Crippen LogP contribution >= 0.6 is 11.8 Å². The molecule has 4 nitrogen and oxygen atoms in total. The predicted molar refractivity (Wildman–Crippen MR) is 72.0 cm³/mol. The molecule has 1 aromatic rings. The quantitative estimate of drug-likeness (QED) is 0.876. The smallest absolute Gasteiger partial charge is 0.321 e. The first kappa shape index (κ1) is 13.2. The molecule has 0 saturated carbocycles. The highest BCUT2D eigenvalue weighted by molar-refractivity contribution is 7.99. The van der Waals surface area contributed by atoms with Crippen LogP contribution in [0.2, 0.25) is 0 Å². The van der Waals surface area contributed by atoms with E-state index in [-0.39, 0.29) is 11.5 Å². The number of hydrogen-bond acceptors (Lipinski definition) is 4. The van der Waals surface area contributed by atoms with Gasteiger partial charge in [-0.1, -0.05) is 12.1 Å². The van der Waals surface area contributed by atoms with E-state index >= 15 is 0 Å². The van der Waals surface area contributed by atoms with Gasteiger partial charge in [-0.25, -0.2) is 0 Å². The van der Waals surface area contributed by atoms with Crippen molar-refractivity contribution in [2.45, 2.75) is 31.4 Å². The molecule has 1 aliphatic heterocycles. The van der Waals surface area contributed by atoms with E-state index in [1.54, 1.807) is 11.8 Å². The minimum atomic E-state index is -0.787. The van der Waals surface area contributed by atoms with E-state index in [2.05, 4.69) is 5.32 Å². The van der Waals surface area contributed by atoms with Crippen molar-refractivity contribution in [2.75, 3.05) is 5.75 Å². The van der Waals surface area contributed by atoms with Crippen LogP contribution in [0.5, 0.6) is 5.75 Å². The van der Waals surface area contributed by atoms with Gasteiger partial charge in [0.1, 0.15) is 11.8 Å². The van der Waals surface area contributed by atoms with Gasteiger partial charge in [-0.15, -0.1) is 11.8 Å². The van der Waals surface area contributed by atoms with Gasteiger partial charge in [-0.2, -0.15) is 0 Å². The maximum atomic E-state index is 10.9. The van der Waals surface area contributed by atoms with Crippen LogP contribution in [0.3, 0.4) is 0 Å². The van der Waals surface area contributed by atoms with Crippen LogP contribution in [0.1, 0.15) is 24.8 Å². The lowest BCUT2D eigenvalue weighted by molar-refractivity contribution is -0.138. The summed E-state index contributed by atoms with van der Waals surface area (Å²) >= 11 is 1.62. The Labute approximate surface area is 111 Å². The molecular formula is C13H17NO3S. The Morgan fingerprint density at radius 3 is 2.61 bits per heavy atom. The SMILES string of the molecule is CC(C)Oc1ccc(C2N[C@H](C(=O)O)CS2)cc1. The van der Waals surface area contributed by atoms with Gasteiger partial charge in [0.05, 0.1) is 11.5 Å². The first-order valence-corrected chi connectivity index (χ1v) is 6.98. The number of carboxylic acid groups (broad SMARTS) is 1. The molecule has 0 radical (unpaired) electrons. The van der Waals surface area contributed by atoms with E-state index in [1.165, 1.54) is 0 Å². The van der Waals surface area contributed by atoms with Crippen molar-refractivity contribution in [3.8, 4) is 5.75 Å². The van der Waals surface area contributed by atoms with Crippen LogP contribution in [0.4, 0.5) is 0 Å². The van der Waals surface area contributed by atoms with Gasteiger partial charge < -0.3 is 9.84 Å². The Kier molecular flexibility index (Phi) is 4.14. The summed E-state index contributed by atoms with van der Waals surface area (Å²) in [6, 6.07) is 7.35. The topological polar surface area (TPSA) is 58.6 Å². The summed E-state index contributed by atoms with van der Waals surface area (Å²) in [6.45, 7) is 3.97. The third-order valence-corrected chi connectivity index (χ3v) is 3.90. The predicted octanol–water partition coefficient (Wildman–Crippen LogP) is 2.26. The molecule has 1 saturated heterocycles. The monoisotopic (exact) mass is 267 g/mol. The summed E-state index contributed by atoms with van der Waals surface area (Å²) in [7, 11) is 0. The first-order valence-electron chi connectivity index (χ1n) is 5.93. The molecule has 1 aromatic carbocycles. The first-order chi connectivity index (χ1) is 8.56. The van der Waals surface area contributed by atoms with E-state index in [1.807, 2.05) is 38.1 Å². The lowest BCUT2D eigenvalue weighted by Gasteiger charge is -2.13. The van der Waals surface area contributed by atoms with Crippen LogP contribution < -0.4 is 10.1 Å². The summed E-state index contributed by atoms with van der Waals surface area (Å²) in [4.78, 5) is 10.9. The van der Waals surface area contributed by atoms with Gasteiger partial charge in [0, 0.05) is 5.75 Å². The maximum Gasteiger partial charge on any atom is 0.321 e. The van der Waals surface area contributed by atoms with E-state index in [4.69, 9.17) is 9.84 Å². The number of rotatable bonds is 4. The zero-order valence-corrected chi connectivity index (χ0v) is 11.2. The fraction of sp³-hybridized carbons (Fsp3) is 0.462. The number of hydrogen-bond donors (Lipinski definition) is 2. The van der Waals surface area contributed by atoms with E-state index in [9.17, 15) is 4.79 Å². The Morgan fingerprint density at radius 1 is 1.44 bits per heavy atom. The zero-order chi connectivity index (χ0) is 13.1. The fourth-order valence-electron chi connectivity index (χ4n) is 1.80. The molecule has 1 heterocycles. The molecule has 2 rings (SSSR count). The third-order valence-electron chi connectivity index (χ3n) is 2.63. The minimum Gasteiger partial charge on any atom is -0.491 e. The molecule has 0 spiro atoms.